The third-order valence-corrected chi connectivity index (χ3v) is 5.90. The Labute approximate surface area is 173 Å². The van der Waals surface area contributed by atoms with Crippen molar-refractivity contribution < 1.29 is 17.5 Å². The summed E-state index contributed by atoms with van der Waals surface area (Å²) in [7, 11) is -3.86. The highest BCUT2D eigenvalue weighted by Crippen LogP contribution is 2.27. The first-order valence-electron chi connectivity index (χ1n) is 9.13. The van der Waals surface area contributed by atoms with Gasteiger partial charge in [0.05, 0.1) is 22.0 Å². The number of rotatable bonds is 5. The van der Waals surface area contributed by atoms with Gasteiger partial charge in [-0.3, -0.25) is 4.72 Å². The largest absolute Gasteiger partial charge is 0.421 e. The Hall–Kier alpha value is -3.52. The third kappa shape index (κ3) is 3.95. The van der Waals surface area contributed by atoms with Gasteiger partial charge in [-0.2, -0.15) is 9.97 Å². The first-order valence-corrected chi connectivity index (χ1v) is 10.6. The van der Waals surface area contributed by atoms with E-state index in [1.807, 2.05) is 24.3 Å². The number of aryl methyl sites for hydroxylation is 2. The Morgan fingerprint density at radius 2 is 1.50 bits per heavy atom. The van der Waals surface area contributed by atoms with Crippen molar-refractivity contribution in [2.24, 2.45) is 0 Å². The molecule has 152 valence electrons. The van der Waals surface area contributed by atoms with Crippen LogP contribution in [-0.2, 0) is 10.0 Å². The number of halogens is 1. The smallest absolute Gasteiger partial charge is 0.322 e. The van der Waals surface area contributed by atoms with E-state index in [1.165, 1.54) is 12.1 Å². The summed E-state index contributed by atoms with van der Waals surface area (Å²) in [6.45, 7) is 3.25. The molecular formula is C22H18FN3O3S. The Bertz CT molecular complexity index is 1330. The van der Waals surface area contributed by atoms with Crippen LogP contribution in [0.5, 0.6) is 11.8 Å². The molecule has 0 radical (unpaired) electrons. The van der Waals surface area contributed by atoms with E-state index in [0.29, 0.717) is 11.4 Å². The molecule has 8 heteroatoms. The van der Waals surface area contributed by atoms with Crippen molar-refractivity contribution in [1.29, 1.82) is 0 Å². The topological polar surface area (TPSA) is 81.2 Å². The molecule has 0 aliphatic heterocycles. The second-order valence-electron chi connectivity index (χ2n) is 6.70. The van der Waals surface area contributed by atoms with Gasteiger partial charge in [-0.1, -0.05) is 42.5 Å². The lowest BCUT2D eigenvalue weighted by Crippen LogP contribution is -2.16. The molecule has 0 saturated heterocycles. The van der Waals surface area contributed by atoms with Crippen molar-refractivity contribution >= 4 is 26.5 Å². The molecule has 0 fully saturated rings. The van der Waals surface area contributed by atoms with Crippen LogP contribution >= 0.6 is 0 Å². The van der Waals surface area contributed by atoms with Gasteiger partial charge in [0, 0.05) is 0 Å². The van der Waals surface area contributed by atoms with Gasteiger partial charge in [0.15, 0.2) is 11.6 Å². The summed E-state index contributed by atoms with van der Waals surface area (Å²) in [6.07, 6.45) is 0. The summed E-state index contributed by atoms with van der Waals surface area (Å²) in [5.41, 5.74) is 0.973. The standard InChI is InChI=1S/C22H18FN3O3S/c1-14-21(15(2)25-22(24-14)29-20-10-6-5-9-19(20)23)26-30(27,28)18-12-11-16-7-3-4-8-17(16)13-18/h3-13,26H,1-2H3. The maximum atomic E-state index is 13.8. The molecule has 0 bridgehead atoms. The van der Waals surface area contributed by atoms with Gasteiger partial charge >= 0.3 is 6.01 Å². The van der Waals surface area contributed by atoms with Crippen LogP contribution in [0.4, 0.5) is 10.1 Å². The zero-order chi connectivity index (χ0) is 21.3. The van der Waals surface area contributed by atoms with Crippen LogP contribution in [0.3, 0.4) is 0 Å². The highest BCUT2D eigenvalue weighted by molar-refractivity contribution is 7.92. The van der Waals surface area contributed by atoms with E-state index >= 15 is 0 Å². The number of nitrogens with zero attached hydrogens (tertiary/aromatic N) is 2. The fourth-order valence-electron chi connectivity index (χ4n) is 3.03. The average molecular weight is 423 g/mol. The van der Waals surface area contributed by atoms with E-state index in [-0.39, 0.29) is 22.3 Å². The second-order valence-corrected chi connectivity index (χ2v) is 8.38. The van der Waals surface area contributed by atoms with Gasteiger partial charge in [0.2, 0.25) is 0 Å². The minimum absolute atomic E-state index is 0.0132. The van der Waals surface area contributed by atoms with Crippen molar-refractivity contribution in [2.45, 2.75) is 18.7 Å². The zero-order valence-corrected chi connectivity index (χ0v) is 17.1. The lowest BCUT2D eigenvalue weighted by Gasteiger charge is -2.14. The molecule has 6 nitrogen and oxygen atoms in total. The first kappa shape index (κ1) is 19.8. The SMILES string of the molecule is Cc1nc(Oc2ccccc2F)nc(C)c1NS(=O)(=O)c1ccc2ccccc2c1. The summed E-state index contributed by atoms with van der Waals surface area (Å²) in [6, 6.07) is 18.2. The quantitative estimate of drug-likeness (QED) is 0.490. The van der Waals surface area contributed by atoms with E-state index < -0.39 is 15.8 Å². The van der Waals surface area contributed by atoms with E-state index in [2.05, 4.69) is 14.7 Å². The monoisotopic (exact) mass is 423 g/mol. The van der Waals surface area contributed by atoms with Crippen LogP contribution in [0.15, 0.2) is 71.6 Å². The number of para-hydroxylation sites is 1. The summed E-state index contributed by atoms with van der Waals surface area (Å²) in [4.78, 5) is 8.47. The molecule has 0 amide bonds. The minimum Gasteiger partial charge on any atom is -0.421 e. The third-order valence-electron chi connectivity index (χ3n) is 4.56. The van der Waals surface area contributed by atoms with Crippen LogP contribution in [0, 0.1) is 19.7 Å². The van der Waals surface area contributed by atoms with Gasteiger partial charge in [-0.25, -0.2) is 12.8 Å². The van der Waals surface area contributed by atoms with Crippen molar-refractivity contribution in [3.8, 4) is 11.8 Å². The van der Waals surface area contributed by atoms with Crippen molar-refractivity contribution in [1.82, 2.24) is 9.97 Å². The highest BCUT2D eigenvalue weighted by atomic mass is 32.2. The van der Waals surface area contributed by atoms with Crippen LogP contribution in [0.25, 0.3) is 10.8 Å². The molecule has 4 aromatic rings. The second kappa shape index (κ2) is 7.72. The minimum atomic E-state index is -3.86. The van der Waals surface area contributed by atoms with Gasteiger partial charge in [0.25, 0.3) is 10.0 Å². The van der Waals surface area contributed by atoms with E-state index in [0.717, 1.165) is 10.8 Å². The number of ether oxygens (including phenoxy) is 1. The maximum Gasteiger partial charge on any atom is 0.322 e. The number of benzene rings is 3. The highest BCUT2D eigenvalue weighted by Gasteiger charge is 2.19. The van der Waals surface area contributed by atoms with Crippen LogP contribution in [-0.4, -0.2) is 18.4 Å². The molecule has 3 aromatic carbocycles. The molecule has 4 rings (SSSR count). The predicted molar refractivity (Wildman–Crippen MR) is 113 cm³/mol. The van der Waals surface area contributed by atoms with Gasteiger partial charge in [-0.05, 0) is 48.9 Å². The summed E-state index contributed by atoms with van der Waals surface area (Å²) < 4.78 is 47.6. The maximum absolute atomic E-state index is 13.8. The molecular weight excluding hydrogens is 405 g/mol. The number of anilines is 1. The number of hydrogen-bond donors (Lipinski definition) is 1. The van der Waals surface area contributed by atoms with E-state index in [9.17, 15) is 12.8 Å². The molecule has 30 heavy (non-hydrogen) atoms. The van der Waals surface area contributed by atoms with E-state index in [1.54, 1.807) is 44.2 Å². The summed E-state index contributed by atoms with van der Waals surface area (Å²) >= 11 is 0. The Morgan fingerprint density at radius 3 is 2.20 bits per heavy atom. The summed E-state index contributed by atoms with van der Waals surface area (Å²) in [5.74, 6) is -0.557. The van der Waals surface area contributed by atoms with Crippen molar-refractivity contribution in [3.63, 3.8) is 0 Å². The molecule has 0 unspecified atom stereocenters. The normalized spacial score (nSPS) is 11.4. The van der Waals surface area contributed by atoms with Gasteiger partial charge < -0.3 is 4.74 Å². The van der Waals surface area contributed by atoms with E-state index in [4.69, 9.17) is 4.74 Å². The fourth-order valence-corrected chi connectivity index (χ4v) is 4.24. The molecule has 0 aliphatic carbocycles. The van der Waals surface area contributed by atoms with Gasteiger partial charge in [-0.15, -0.1) is 0 Å². The number of sulfonamides is 1. The average Bonchev–Trinajstić information content (AvgIpc) is 2.72. The molecule has 1 heterocycles. The molecule has 0 spiro atoms. The Balaban J connectivity index is 1.64. The summed E-state index contributed by atoms with van der Waals surface area (Å²) in [5, 5.41) is 1.76. The van der Waals surface area contributed by atoms with Crippen LogP contribution in [0.1, 0.15) is 11.4 Å². The number of aromatic nitrogens is 2. The molecule has 1 aromatic heterocycles. The lowest BCUT2D eigenvalue weighted by atomic mass is 10.1. The zero-order valence-electron chi connectivity index (χ0n) is 16.3. The van der Waals surface area contributed by atoms with Crippen molar-refractivity contribution in [3.05, 3.63) is 83.9 Å². The molecule has 0 atom stereocenters. The molecule has 0 saturated carbocycles. The Morgan fingerprint density at radius 1 is 0.867 bits per heavy atom. The number of nitrogens with one attached hydrogen (secondary N) is 1. The number of fused-ring (bicyclic) bond motifs is 1. The van der Waals surface area contributed by atoms with Crippen LogP contribution in [0.2, 0.25) is 0 Å². The van der Waals surface area contributed by atoms with Gasteiger partial charge in [0.1, 0.15) is 0 Å². The number of hydrogen-bond acceptors (Lipinski definition) is 5. The Kier molecular flexibility index (Phi) is 5.09. The fraction of sp³-hybridized carbons (Fsp3) is 0.0909. The van der Waals surface area contributed by atoms with Crippen molar-refractivity contribution in [2.75, 3.05) is 4.72 Å². The lowest BCUT2D eigenvalue weighted by molar-refractivity contribution is 0.409. The predicted octanol–water partition coefficient (Wildman–Crippen LogP) is 4.98. The first-order chi connectivity index (χ1) is 14.3. The molecule has 0 aliphatic rings. The molecule has 1 N–H and O–H groups in total. The van der Waals surface area contributed by atoms with Crippen LogP contribution < -0.4 is 9.46 Å².